The van der Waals surface area contributed by atoms with E-state index < -0.39 is 0 Å². The van der Waals surface area contributed by atoms with E-state index in [2.05, 4.69) is 0 Å². The van der Waals surface area contributed by atoms with Crippen molar-refractivity contribution in [3.63, 3.8) is 0 Å². The van der Waals surface area contributed by atoms with Crippen LogP contribution in [0.15, 0.2) is 48.5 Å². The average molecular weight is 210 g/mol. The van der Waals surface area contributed by atoms with Crippen LogP contribution in [0.5, 0.6) is 0 Å². The number of benzene rings is 2. The van der Waals surface area contributed by atoms with Crippen LogP contribution in [-0.2, 0) is 0 Å². The Balaban J connectivity index is 2.55. The molecule has 0 aliphatic heterocycles. The van der Waals surface area contributed by atoms with Crippen LogP contribution in [0.4, 0.5) is 0 Å². The monoisotopic (exact) mass is 210 g/mol. The quantitative estimate of drug-likeness (QED) is 0.641. The van der Waals surface area contributed by atoms with Gasteiger partial charge >= 0.3 is 0 Å². The summed E-state index contributed by atoms with van der Waals surface area (Å²) < 4.78 is 16.4. The largest absolute Gasteiger partial charge is 0.0629 e. The summed E-state index contributed by atoms with van der Waals surface area (Å²) in [6.45, 7) is 3.93. The van der Waals surface area contributed by atoms with E-state index in [9.17, 15) is 0 Å². The summed E-state index contributed by atoms with van der Waals surface area (Å²) in [7, 11) is 0. The van der Waals surface area contributed by atoms with Gasteiger partial charge in [-0.25, -0.2) is 0 Å². The Morgan fingerprint density at radius 2 is 1.12 bits per heavy atom. The van der Waals surface area contributed by atoms with Crippen LogP contribution in [-0.4, -0.2) is 0 Å². The van der Waals surface area contributed by atoms with Gasteiger partial charge in [0, 0.05) is 0 Å². The van der Waals surface area contributed by atoms with E-state index in [0.29, 0.717) is 0 Å². The van der Waals surface area contributed by atoms with Crippen LogP contribution < -0.4 is 0 Å². The van der Waals surface area contributed by atoms with Gasteiger partial charge in [-0.15, -0.1) is 0 Å². The molecule has 0 aliphatic carbocycles. The molecule has 0 aliphatic rings. The Morgan fingerprint density at radius 3 is 1.50 bits per heavy atom. The highest BCUT2D eigenvalue weighted by atomic mass is 14.0. The molecule has 0 amide bonds. The Morgan fingerprint density at radius 1 is 0.750 bits per heavy atom. The zero-order chi connectivity index (χ0) is 13.1. The molecule has 0 saturated carbocycles. The molecule has 0 saturated heterocycles. The van der Waals surface area contributed by atoms with Gasteiger partial charge in [-0.3, -0.25) is 0 Å². The molecule has 0 radical (unpaired) electrons. The molecule has 0 fully saturated rings. The Labute approximate surface area is 100 Å². The highest BCUT2D eigenvalue weighted by Crippen LogP contribution is 2.14. The van der Waals surface area contributed by atoms with Crippen molar-refractivity contribution >= 4 is 12.1 Å². The normalized spacial score (nSPS) is 13.9. The lowest BCUT2D eigenvalue weighted by molar-refractivity contribution is 1.43. The fourth-order valence-electron chi connectivity index (χ4n) is 1.56. The minimum atomic E-state index is 0.280. The predicted octanol–water partition coefficient (Wildman–Crippen LogP) is 4.47. The van der Waals surface area contributed by atoms with Crippen LogP contribution >= 0.6 is 0 Å². The topological polar surface area (TPSA) is 0 Å². The van der Waals surface area contributed by atoms with E-state index in [1.54, 1.807) is 0 Å². The summed E-state index contributed by atoms with van der Waals surface area (Å²) in [6, 6.07) is 16.0. The van der Waals surface area contributed by atoms with Crippen LogP contribution in [0, 0.1) is 13.8 Å². The second-order valence-corrected chi connectivity index (χ2v) is 3.88. The lowest BCUT2D eigenvalue weighted by atomic mass is 10.0. The molecule has 0 atom stereocenters. The van der Waals surface area contributed by atoms with Crippen molar-refractivity contribution in [2.75, 3.05) is 0 Å². The third-order valence-electron chi connectivity index (χ3n) is 2.62. The van der Waals surface area contributed by atoms with Crippen molar-refractivity contribution in [2.45, 2.75) is 13.8 Å². The van der Waals surface area contributed by atoms with E-state index >= 15 is 0 Å². The smallest absolute Gasteiger partial charge is 0.0620 e. The first-order valence-corrected chi connectivity index (χ1v) is 5.40. The van der Waals surface area contributed by atoms with Gasteiger partial charge in [0.05, 0.1) is 2.74 Å². The van der Waals surface area contributed by atoms with Crippen LogP contribution in [0.2, 0.25) is 0 Å². The molecule has 0 N–H and O–H groups in total. The first kappa shape index (κ1) is 8.35. The molecule has 2 rings (SSSR count). The fraction of sp³-hybridized carbons (Fsp3) is 0.125. The first-order valence-electron chi connectivity index (χ1n) is 6.40. The van der Waals surface area contributed by atoms with Crippen molar-refractivity contribution in [2.24, 2.45) is 0 Å². The SMILES string of the molecule is [2H]/C(=C(/[2H])c1ccccc1C)c1ccccc1C. The molecular weight excluding hydrogens is 192 g/mol. The van der Waals surface area contributed by atoms with Gasteiger partial charge in [0.25, 0.3) is 0 Å². The van der Waals surface area contributed by atoms with Crippen molar-refractivity contribution in [1.82, 2.24) is 0 Å². The summed E-state index contributed by atoms with van der Waals surface area (Å²) in [5, 5.41) is 0. The summed E-state index contributed by atoms with van der Waals surface area (Å²) in [5.41, 5.74) is 3.71. The lowest BCUT2D eigenvalue weighted by Crippen LogP contribution is -1.80. The number of hydrogen-bond donors (Lipinski definition) is 0. The predicted molar refractivity (Wildman–Crippen MR) is 71.3 cm³/mol. The molecule has 0 unspecified atom stereocenters. The molecule has 2 aromatic carbocycles. The van der Waals surface area contributed by atoms with Gasteiger partial charge in [-0.2, -0.15) is 0 Å². The second kappa shape index (κ2) is 4.80. The molecule has 16 heavy (non-hydrogen) atoms. The molecule has 80 valence electrons. The van der Waals surface area contributed by atoms with Gasteiger partial charge < -0.3 is 0 Å². The molecule has 0 bridgehead atoms. The highest BCUT2D eigenvalue weighted by Gasteiger charge is 1.93. The first-order chi connectivity index (χ1) is 8.61. The van der Waals surface area contributed by atoms with Gasteiger partial charge in [-0.1, -0.05) is 60.6 Å². The fourth-order valence-corrected chi connectivity index (χ4v) is 1.56. The second-order valence-electron chi connectivity index (χ2n) is 3.88. The maximum atomic E-state index is 8.19. The molecule has 0 heteroatoms. The molecule has 0 nitrogen and oxygen atoms in total. The summed E-state index contributed by atoms with van der Waals surface area (Å²) in [5.74, 6) is 0. The number of aryl methyl sites for hydroxylation is 2. The lowest BCUT2D eigenvalue weighted by Gasteiger charge is -2.01. The molecule has 0 heterocycles. The highest BCUT2D eigenvalue weighted by molar-refractivity contribution is 5.72. The van der Waals surface area contributed by atoms with E-state index in [4.69, 9.17) is 2.74 Å². The molecule has 0 spiro atoms. The average Bonchev–Trinajstić information content (AvgIpc) is 2.38. The maximum Gasteiger partial charge on any atom is 0.0629 e. The van der Waals surface area contributed by atoms with Crippen molar-refractivity contribution in [3.05, 3.63) is 70.8 Å². The van der Waals surface area contributed by atoms with Gasteiger partial charge in [0.2, 0.25) is 0 Å². The zero-order valence-electron chi connectivity index (χ0n) is 11.6. The summed E-state index contributed by atoms with van der Waals surface area (Å²) in [6.07, 6.45) is 0. The Hall–Kier alpha value is -1.82. The Bertz CT molecular complexity index is 544. The van der Waals surface area contributed by atoms with Gasteiger partial charge in [0.1, 0.15) is 0 Å². The standard InChI is InChI=1S/C16H16/c1-13-7-3-5-9-15(13)11-12-16-10-6-4-8-14(16)2/h3-12H,1-2H3/b12-11+/i11D,12D. The third kappa shape index (κ3) is 2.40. The molecule has 2 aromatic rings. The van der Waals surface area contributed by atoms with Crippen molar-refractivity contribution in [3.8, 4) is 0 Å². The van der Waals surface area contributed by atoms with E-state index in [1.807, 2.05) is 62.4 Å². The van der Waals surface area contributed by atoms with E-state index in [1.165, 1.54) is 0 Å². The molecular formula is C16H16. The zero-order valence-corrected chi connectivity index (χ0v) is 9.62. The number of rotatable bonds is 2. The van der Waals surface area contributed by atoms with Crippen molar-refractivity contribution < 1.29 is 2.74 Å². The van der Waals surface area contributed by atoms with Crippen LogP contribution in [0.1, 0.15) is 25.0 Å². The van der Waals surface area contributed by atoms with Gasteiger partial charge in [0.15, 0.2) is 0 Å². The minimum absolute atomic E-state index is 0.280. The maximum absolute atomic E-state index is 8.19. The molecule has 0 aromatic heterocycles. The Kier molecular flexibility index (Phi) is 2.50. The van der Waals surface area contributed by atoms with Crippen LogP contribution in [0.3, 0.4) is 0 Å². The summed E-state index contributed by atoms with van der Waals surface area (Å²) in [4.78, 5) is 0. The van der Waals surface area contributed by atoms with Crippen LogP contribution in [0.25, 0.3) is 12.1 Å². The van der Waals surface area contributed by atoms with E-state index in [-0.39, 0.29) is 12.1 Å². The van der Waals surface area contributed by atoms with Crippen molar-refractivity contribution in [1.29, 1.82) is 0 Å². The minimum Gasteiger partial charge on any atom is -0.0620 e. The third-order valence-corrected chi connectivity index (χ3v) is 2.62. The van der Waals surface area contributed by atoms with Gasteiger partial charge in [-0.05, 0) is 36.1 Å². The number of hydrogen-bond acceptors (Lipinski definition) is 0. The van der Waals surface area contributed by atoms with E-state index in [0.717, 1.165) is 22.3 Å². The summed E-state index contributed by atoms with van der Waals surface area (Å²) >= 11 is 0.